The lowest BCUT2D eigenvalue weighted by Gasteiger charge is -2.33. The largest absolute Gasteiger partial charge is 0.573 e. The number of hydrazine groups is 1. The monoisotopic (exact) mass is 543 g/mol. The van der Waals surface area contributed by atoms with Crippen molar-refractivity contribution in [3.05, 3.63) is 53.7 Å². The highest BCUT2D eigenvalue weighted by molar-refractivity contribution is 5.91. The summed E-state index contributed by atoms with van der Waals surface area (Å²) >= 11 is 0. The van der Waals surface area contributed by atoms with Crippen LogP contribution in [0.5, 0.6) is 5.75 Å². The summed E-state index contributed by atoms with van der Waals surface area (Å²) in [6.45, 7) is 1.37. The highest BCUT2D eigenvalue weighted by Gasteiger charge is 2.31. The first-order valence-corrected chi connectivity index (χ1v) is 11.6. The van der Waals surface area contributed by atoms with Crippen molar-refractivity contribution in [2.24, 2.45) is 11.6 Å². The van der Waals surface area contributed by atoms with Gasteiger partial charge in [0.15, 0.2) is 5.69 Å². The third-order valence-electron chi connectivity index (χ3n) is 5.28. The van der Waals surface area contributed by atoms with Crippen LogP contribution in [0, 0.1) is 0 Å². The van der Waals surface area contributed by atoms with Crippen LogP contribution in [0.15, 0.2) is 42.5 Å². The van der Waals surface area contributed by atoms with Crippen LogP contribution in [0.2, 0.25) is 0 Å². The third-order valence-corrected chi connectivity index (χ3v) is 5.28. The molecule has 3 rings (SSSR count). The maximum Gasteiger partial charge on any atom is 0.573 e. The molecule has 0 bridgehead atoms. The standard InChI is InChI=1S/C22H29F4N9O3/c23-16-10-33(11-16)14-20(36)30-19(27)13-34(28)6-1-2-7-35-12-18(31-32-35)21(37)29-9-15-4-3-5-17(8-15)38-22(24,25)26/h3-5,8,12-13,16H,1-2,6-7,9-11,14,27-28H2,(H,29,37)(H,30,36)/b19-13+. The minimum Gasteiger partial charge on any atom is -0.406 e. The van der Waals surface area contributed by atoms with Crippen molar-refractivity contribution >= 4 is 11.8 Å². The van der Waals surface area contributed by atoms with E-state index in [4.69, 9.17) is 11.6 Å². The molecular formula is C22H29F4N9O3. The van der Waals surface area contributed by atoms with Crippen molar-refractivity contribution in [1.29, 1.82) is 0 Å². The number of amides is 2. The number of likely N-dealkylation sites (tertiary alicyclic amines) is 1. The van der Waals surface area contributed by atoms with E-state index in [1.165, 1.54) is 34.2 Å². The lowest BCUT2D eigenvalue weighted by molar-refractivity contribution is -0.274. The molecular weight excluding hydrogens is 514 g/mol. The van der Waals surface area contributed by atoms with Crippen molar-refractivity contribution in [3.63, 3.8) is 0 Å². The number of nitrogens with zero attached hydrogens (tertiary/aromatic N) is 5. The molecule has 0 atom stereocenters. The van der Waals surface area contributed by atoms with Crippen LogP contribution in [0.4, 0.5) is 17.6 Å². The number of hydrogen-bond donors (Lipinski definition) is 4. The SMILES string of the molecule is N/C(=C\N(N)CCCCn1cc(C(=O)NCc2cccc(OC(F)(F)F)c2)nn1)NC(=O)CN1CC(F)C1. The number of nitrogens with one attached hydrogen (secondary N) is 2. The summed E-state index contributed by atoms with van der Waals surface area (Å²) < 4.78 is 55.2. The van der Waals surface area contributed by atoms with E-state index in [1.54, 1.807) is 11.0 Å². The number of ether oxygens (including phenoxy) is 1. The molecule has 16 heteroatoms. The maximum absolute atomic E-state index is 12.8. The summed E-state index contributed by atoms with van der Waals surface area (Å²) in [6, 6.07) is 5.28. The molecule has 208 valence electrons. The van der Waals surface area contributed by atoms with Gasteiger partial charge in [0.1, 0.15) is 17.7 Å². The first-order chi connectivity index (χ1) is 18.0. The number of hydrogen-bond acceptors (Lipinski definition) is 9. The van der Waals surface area contributed by atoms with Crippen molar-refractivity contribution < 1.29 is 31.9 Å². The molecule has 1 aliphatic rings. The van der Waals surface area contributed by atoms with E-state index in [9.17, 15) is 27.2 Å². The normalized spacial score (nSPS) is 14.6. The van der Waals surface area contributed by atoms with Gasteiger partial charge in [0.25, 0.3) is 5.91 Å². The predicted molar refractivity (Wildman–Crippen MR) is 126 cm³/mol. The summed E-state index contributed by atoms with van der Waals surface area (Å²) in [5.41, 5.74) is 6.23. The average Bonchev–Trinajstić information content (AvgIpc) is 3.27. The second kappa shape index (κ2) is 13.0. The van der Waals surface area contributed by atoms with E-state index in [0.717, 1.165) is 6.07 Å². The molecule has 2 amide bonds. The molecule has 1 aliphatic heterocycles. The molecule has 0 aliphatic carbocycles. The molecule has 1 fully saturated rings. The number of carbonyl (C=O) groups is 2. The predicted octanol–water partition coefficient (Wildman–Crippen LogP) is 0.590. The maximum atomic E-state index is 12.8. The fourth-order valence-corrected chi connectivity index (χ4v) is 3.52. The highest BCUT2D eigenvalue weighted by atomic mass is 19.4. The quantitative estimate of drug-likeness (QED) is 0.123. The Morgan fingerprint density at radius 1 is 1.26 bits per heavy atom. The third kappa shape index (κ3) is 9.85. The molecule has 12 nitrogen and oxygen atoms in total. The second-order valence-electron chi connectivity index (χ2n) is 8.61. The Labute approximate surface area is 215 Å². The molecule has 0 radical (unpaired) electrons. The van der Waals surface area contributed by atoms with Crippen LogP contribution < -0.4 is 26.9 Å². The molecule has 0 saturated carbocycles. The van der Waals surface area contributed by atoms with E-state index in [-0.39, 0.29) is 49.4 Å². The zero-order chi connectivity index (χ0) is 27.7. The Bertz CT molecular complexity index is 1120. The number of aromatic nitrogens is 3. The Morgan fingerprint density at radius 2 is 2.03 bits per heavy atom. The summed E-state index contributed by atoms with van der Waals surface area (Å²) in [5, 5.41) is 14.1. The van der Waals surface area contributed by atoms with Gasteiger partial charge in [0.2, 0.25) is 5.91 Å². The minimum absolute atomic E-state index is 0.0273. The van der Waals surface area contributed by atoms with Crippen LogP contribution in [0.1, 0.15) is 28.9 Å². The van der Waals surface area contributed by atoms with Gasteiger partial charge < -0.3 is 26.1 Å². The van der Waals surface area contributed by atoms with Gasteiger partial charge in [-0.05, 0) is 30.5 Å². The van der Waals surface area contributed by atoms with Crippen molar-refractivity contribution in [3.8, 4) is 5.75 Å². The summed E-state index contributed by atoms with van der Waals surface area (Å²) in [7, 11) is 0. The van der Waals surface area contributed by atoms with E-state index >= 15 is 0 Å². The van der Waals surface area contributed by atoms with Gasteiger partial charge in [-0.3, -0.25) is 19.2 Å². The van der Waals surface area contributed by atoms with Gasteiger partial charge in [0, 0.05) is 32.7 Å². The van der Waals surface area contributed by atoms with Gasteiger partial charge in [-0.2, -0.15) is 0 Å². The van der Waals surface area contributed by atoms with Crippen LogP contribution in [-0.2, 0) is 17.9 Å². The van der Waals surface area contributed by atoms with E-state index < -0.39 is 18.4 Å². The number of unbranched alkanes of at least 4 members (excludes halogenated alkanes) is 1. The smallest absolute Gasteiger partial charge is 0.406 e. The average molecular weight is 544 g/mol. The Kier molecular flexibility index (Phi) is 9.84. The fourth-order valence-electron chi connectivity index (χ4n) is 3.52. The first kappa shape index (κ1) is 28.6. The molecule has 1 saturated heterocycles. The summed E-state index contributed by atoms with van der Waals surface area (Å²) in [5.74, 6) is 4.67. The fraction of sp³-hybridized carbons (Fsp3) is 0.455. The van der Waals surface area contributed by atoms with Crippen LogP contribution in [0.25, 0.3) is 0 Å². The molecule has 6 N–H and O–H groups in total. The minimum atomic E-state index is -4.80. The van der Waals surface area contributed by atoms with Crippen molar-refractivity contribution in [2.45, 2.75) is 38.5 Å². The van der Waals surface area contributed by atoms with Gasteiger partial charge in [-0.1, -0.05) is 17.3 Å². The first-order valence-electron chi connectivity index (χ1n) is 11.6. The molecule has 2 heterocycles. The zero-order valence-electron chi connectivity index (χ0n) is 20.3. The summed E-state index contributed by atoms with van der Waals surface area (Å²) in [4.78, 5) is 25.8. The number of aryl methyl sites for hydroxylation is 1. The number of carbonyl (C=O) groups excluding carboxylic acids is 2. The molecule has 1 aromatic heterocycles. The molecule has 38 heavy (non-hydrogen) atoms. The van der Waals surface area contributed by atoms with Gasteiger partial charge >= 0.3 is 6.36 Å². The topological polar surface area (TPSA) is 157 Å². The lowest BCUT2D eigenvalue weighted by atomic mass is 10.2. The molecule has 0 spiro atoms. The van der Waals surface area contributed by atoms with Gasteiger partial charge in [-0.25, -0.2) is 10.2 Å². The van der Waals surface area contributed by atoms with E-state index in [1.807, 2.05) is 0 Å². The van der Waals surface area contributed by atoms with Gasteiger partial charge in [-0.15, -0.1) is 18.3 Å². The van der Waals surface area contributed by atoms with Crippen LogP contribution in [0.3, 0.4) is 0 Å². The highest BCUT2D eigenvalue weighted by Crippen LogP contribution is 2.23. The van der Waals surface area contributed by atoms with E-state index in [2.05, 4.69) is 25.7 Å². The lowest BCUT2D eigenvalue weighted by Crippen LogP contribution is -2.52. The molecule has 2 aromatic rings. The number of nitrogens with two attached hydrogens (primary N) is 2. The van der Waals surface area contributed by atoms with Crippen molar-refractivity contribution in [1.82, 2.24) is 35.5 Å². The number of alkyl halides is 4. The van der Waals surface area contributed by atoms with E-state index in [0.29, 0.717) is 31.5 Å². The van der Waals surface area contributed by atoms with Crippen molar-refractivity contribution in [2.75, 3.05) is 26.2 Å². The Hall–Kier alpha value is -3.92. The number of benzene rings is 1. The zero-order valence-corrected chi connectivity index (χ0v) is 20.3. The molecule has 1 aromatic carbocycles. The van der Waals surface area contributed by atoms with Crippen LogP contribution >= 0.6 is 0 Å². The Balaban J connectivity index is 1.34. The number of rotatable bonds is 13. The summed E-state index contributed by atoms with van der Waals surface area (Å²) in [6.07, 6.45) is -1.58. The number of halogens is 4. The molecule has 0 unspecified atom stereocenters. The Morgan fingerprint density at radius 3 is 2.74 bits per heavy atom. The van der Waals surface area contributed by atoms with Crippen LogP contribution in [-0.4, -0.2) is 75.4 Å². The second-order valence-corrected chi connectivity index (χ2v) is 8.61. The van der Waals surface area contributed by atoms with Gasteiger partial charge in [0.05, 0.1) is 18.9 Å².